The Morgan fingerprint density at radius 3 is 2.35 bits per heavy atom. The number of benzene rings is 1. The van der Waals surface area contributed by atoms with Crippen LogP contribution in [0.5, 0.6) is 0 Å². The molecule has 0 spiro atoms. The zero-order valence-electron chi connectivity index (χ0n) is 13.3. The summed E-state index contributed by atoms with van der Waals surface area (Å²) in [7, 11) is 3.56. The standard InChI is InChI=1S/C15H20N4O3.ClH/c1-15(13(21)17-14(22)18-15)11-6-4-10(5-7-11)12(20)19(3)9-8-16-2;/h4-7,16H,8-9H2,1-3H3,(H2,17,18,21,22);1H. The number of halogens is 1. The molecule has 0 bridgehead atoms. The minimum atomic E-state index is -1.10. The van der Waals surface area contributed by atoms with Gasteiger partial charge in [-0.25, -0.2) is 4.79 Å². The highest BCUT2D eigenvalue weighted by Crippen LogP contribution is 2.24. The maximum Gasteiger partial charge on any atom is 0.322 e. The highest BCUT2D eigenvalue weighted by atomic mass is 35.5. The zero-order valence-corrected chi connectivity index (χ0v) is 14.1. The van der Waals surface area contributed by atoms with Crippen LogP contribution in [0.1, 0.15) is 22.8 Å². The van der Waals surface area contributed by atoms with Gasteiger partial charge in [0.2, 0.25) is 0 Å². The van der Waals surface area contributed by atoms with E-state index in [0.717, 1.165) is 0 Å². The Morgan fingerprint density at radius 1 is 1.26 bits per heavy atom. The first-order valence-electron chi connectivity index (χ1n) is 7.02. The normalized spacial score (nSPS) is 19.6. The lowest BCUT2D eigenvalue weighted by Crippen LogP contribution is -2.40. The molecular formula is C15H21ClN4O3. The lowest BCUT2D eigenvalue weighted by Gasteiger charge is -2.22. The van der Waals surface area contributed by atoms with Crippen LogP contribution in [0, 0.1) is 0 Å². The van der Waals surface area contributed by atoms with Crippen molar-refractivity contribution in [1.29, 1.82) is 0 Å². The van der Waals surface area contributed by atoms with Gasteiger partial charge in [-0.15, -0.1) is 12.4 Å². The predicted molar refractivity (Wildman–Crippen MR) is 88.6 cm³/mol. The molecule has 0 aliphatic carbocycles. The summed E-state index contributed by atoms with van der Waals surface area (Å²) in [6, 6.07) is 6.18. The number of carbonyl (C=O) groups is 3. The molecule has 1 aliphatic heterocycles. The van der Waals surface area contributed by atoms with Crippen LogP contribution in [0.4, 0.5) is 4.79 Å². The highest BCUT2D eigenvalue weighted by Gasteiger charge is 2.43. The molecule has 1 aliphatic rings. The smallest absolute Gasteiger partial charge is 0.322 e. The summed E-state index contributed by atoms with van der Waals surface area (Å²) in [5.41, 5.74) is 0.0671. The van der Waals surface area contributed by atoms with E-state index in [0.29, 0.717) is 24.2 Å². The largest absolute Gasteiger partial charge is 0.340 e. The van der Waals surface area contributed by atoms with Gasteiger partial charge in [-0.05, 0) is 31.7 Å². The second-order valence-electron chi connectivity index (χ2n) is 5.44. The van der Waals surface area contributed by atoms with E-state index in [-0.39, 0.29) is 18.3 Å². The minimum Gasteiger partial charge on any atom is -0.340 e. The molecule has 4 amide bonds. The summed E-state index contributed by atoms with van der Waals surface area (Å²) in [6.45, 7) is 2.95. The van der Waals surface area contributed by atoms with Crippen LogP contribution in [0.25, 0.3) is 0 Å². The van der Waals surface area contributed by atoms with Crippen molar-refractivity contribution in [2.24, 2.45) is 0 Å². The van der Waals surface area contributed by atoms with E-state index in [2.05, 4.69) is 16.0 Å². The number of hydrogen-bond donors (Lipinski definition) is 3. The first-order valence-corrected chi connectivity index (χ1v) is 7.02. The monoisotopic (exact) mass is 340 g/mol. The van der Waals surface area contributed by atoms with Crippen LogP contribution in [-0.4, -0.2) is 49.9 Å². The fraction of sp³-hybridized carbons (Fsp3) is 0.400. The number of imide groups is 1. The van der Waals surface area contributed by atoms with Gasteiger partial charge in [-0.2, -0.15) is 0 Å². The van der Waals surface area contributed by atoms with Gasteiger partial charge in [-0.3, -0.25) is 14.9 Å². The second-order valence-corrected chi connectivity index (χ2v) is 5.44. The fourth-order valence-electron chi connectivity index (χ4n) is 2.29. The Hall–Kier alpha value is -2.12. The molecule has 1 fully saturated rings. The van der Waals surface area contributed by atoms with E-state index in [9.17, 15) is 14.4 Å². The summed E-state index contributed by atoms with van der Waals surface area (Å²) in [5, 5.41) is 7.79. The predicted octanol–water partition coefficient (Wildman–Crippen LogP) is 0.454. The van der Waals surface area contributed by atoms with Crippen LogP contribution in [0.2, 0.25) is 0 Å². The lowest BCUT2D eigenvalue weighted by molar-refractivity contribution is -0.123. The fourth-order valence-corrected chi connectivity index (χ4v) is 2.29. The topological polar surface area (TPSA) is 90.5 Å². The van der Waals surface area contributed by atoms with Crippen molar-refractivity contribution in [3.8, 4) is 0 Å². The quantitative estimate of drug-likeness (QED) is 0.679. The van der Waals surface area contributed by atoms with Gasteiger partial charge in [0.1, 0.15) is 5.54 Å². The summed E-state index contributed by atoms with van der Waals surface area (Å²) >= 11 is 0. The van der Waals surface area contributed by atoms with Crippen LogP contribution in [0.3, 0.4) is 0 Å². The second kappa shape index (κ2) is 7.43. The van der Waals surface area contributed by atoms with Crippen molar-refractivity contribution in [2.45, 2.75) is 12.5 Å². The third kappa shape index (κ3) is 3.80. The molecule has 1 atom stereocenters. The Bertz CT molecular complexity index is 605. The average molecular weight is 341 g/mol. The van der Waals surface area contributed by atoms with Crippen LogP contribution in [0.15, 0.2) is 24.3 Å². The molecular weight excluding hydrogens is 320 g/mol. The molecule has 1 unspecified atom stereocenters. The number of rotatable bonds is 5. The molecule has 0 radical (unpaired) electrons. The first kappa shape index (κ1) is 18.9. The molecule has 0 aromatic heterocycles. The first-order chi connectivity index (χ1) is 10.4. The van der Waals surface area contributed by atoms with E-state index in [4.69, 9.17) is 0 Å². The summed E-state index contributed by atoms with van der Waals surface area (Å²) in [5.74, 6) is -0.491. The molecule has 23 heavy (non-hydrogen) atoms. The minimum absolute atomic E-state index is 0. The maximum absolute atomic E-state index is 12.2. The van der Waals surface area contributed by atoms with Gasteiger partial charge in [0, 0.05) is 25.7 Å². The maximum atomic E-state index is 12.2. The number of likely N-dealkylation sites (N-methyl/N-ethyl adjacent to an activating group) is 2. The molecule has 1 saturated heterocycles. The summed E-state index contributed by atoms with van der Waals surface area (Å²) in [6.07, 6.45) is 0. The van der Waals surface area contributed by atoms with Gasteiger partial charge in [-0.1, -0.05) is 12.1 Å². The van der Waals surface area contributed by atoms with E-state index >= 15 is 0 Å². The highest BCUT2D eigenvalue weighted by molar-refractivity contribution is 6.07. The van der Waals surface area contributed by atoms with Crippen molar-refractivity contribution in [2.75, 3.05) is 27.2 Å². The molecule has 7 nitrogen and oxygen atoms in total. The van der Waals surface area contributed by atoms with Crippen molar-refractivity contribution >= 4 is 30.3 Å². The van der Waals surface area contributed by atoms with Crippen LogP contribution >= 0.6 is 12.4 Å². The van der Waals surface area contributed by atoms with Crippen molar-refractivity contribution in [3.05, 3.63) is 35.4 Å². The SMILES string of the molecule is CNCCN(C)C(=O)c1ccc(C2(C)NC(=O)NC2=O)cc1.Cl. The summed E-state index contributed by atoms with van der Waals surface area (Å²) < 4.78 is 0. The Balaban J connectivity index is 0.00000264. The lowest BCUT2D eigenvalue weighted by atomic mass is 9.91. The van der Waals surface area contributed by atoms with Gasteiger partial charge in [0.25, 0.3) is 11.8 Å². The van der Waals surface area contributed by atoms with Crippen molar-refractivity contribution in [1.82, 2.24) is 20.9 Å². The number of amides is 4. The van der Waals surface area contributed by atoms with Crippen molar-refractivity contribution < 1.29 is 14.4 Å². The van der Waals surface area contributed by atoms with Crippen LogP contribution in [-0.2, 0) is 10.3 Å². The number of nitrogens with zero attached hydrogens (tertiary/aromatic N) is 1. The Kier molecular flexibility index (Phi) is 6.12. The molecule has 1 heterocycles. The molecule has 1 aromatic rings. The molecule has 3 N–H and O–H groups in total. The number of nitrogens with one attached hydrogen (secondary N) is 3. The zero-order chi connectivity index (χ0) is 16.3. The number of hydrogen-bond acceptors (Lipinski definition) is 4. The third-order valence-electron chi connectivity index (χ3n) is 3.80. The van der Waals surface area contributed by atoms with Gasteiger partial charge in [0.05, 0.1) is 0 Å². The van der Waals surface area contributed by atoms with E-state index in [1.165, 1.54) is 0 Å². The van der Waals surface area contributed by atoms with Crippen molar-refractivity contribution in [3.63, 3.8) is 0 Å². The average Bonchev–Trinajstić information content (AvgIpc) is 2.77. The van der Waals surface area contributed by atoms with E-state index < -0.39 is 17.5 Å². The third-order valence-corrected chi connectivity index (χ3v) is 3.80. The van der Waals surface area contributed by atoms with Gasteiger partial charge in [0.15, 0.2) is 0 Å². The van der Waals surface area contributed by atoms with E-state index in [1.807, 2.05) is 7.05 Å². The van der Waals surface area contributed by atoms with E-state index in [1.54, 1.807) is 43.1 Å². The molecule has 1 aromatic carbocycles. The molecule has 126 valence electrons. The molecule has 2 rings (SSSR count). The molecule has 8 heteroatoms. The Labute approximate surface area is 141 Å². The number of urea groups is 1. The van der Waals surface area contributed by atoms with Gasteiger partial charge < -0.3 is 15.5 Å². The number of carbonyl (C=O) groups excluding carboxylic acids is 3. The molecule has 0 saturated carbocycles. The van der Waals surface area contributed by atoms with Gasteiger partial charge >= 0.3 is 6.03 Å². The van der Waals surface area contributed by atoms with Crippen LogP contribution < -0.4 is 16.0 Å². The Morgan fingerprint density at radius 2 is 1.87 bits per heavy atom. The summed E-state index contributed by atoms with van der Waals surface area (Å²) in [4.78, 5) is 37.0.